The molecule has 7 nitrogen and oxygen atoms in total. The lowest BCUT2D eigenvalue weighted by molar-refractivity contribution is 0.0543. The maximum atomic E-state index is 13.9. The van der Waals surface area contributed by atoms with Crippen molar-refractivity contribution in [2.75, 3.05) is 20.3 Å². The molecular formula is C24H26F2N2O5. The van der Waals surface area contributed by atoms with Gasteiger partial charge in [-0.25, -0.2) is 8.78 Å². The zero-order chi connectivity index (χ0) is 24.1. The second-order valence-electron chi connectivity index (χ2n) is 9.08. The molecule has 0 radical (unpaired) electrons. The predicted molar refractivity (Wildman–Crippen MR) is 116 cm³/mol. The summed E-state index contributed by atoms with van der Waals surface area (Å²) in [6.07, 6.45) is 1.77. The number of methoxy groups -OCH3 is 1. The maximum Gasteiger partial charge on any atom is 0.274 e. The Morgan fingerprint density at radius 3 is 2.67 bits per heavy atom. The molecule has 33 heavy (non-hydrogen) atoms. The average Bonchev–Trinajstić information content (AvgIpc) is 3.44. The first-order valence-electron chi connectivity index (χ1n) is 10.9. The summed E-state index contributed by atoms with van der Waals surface area (Å²) in [7, 11) is 1.58. The minimum absolute atomic E-state index is 0.0373. The minimum atomic E-state index is -0.927. The standard InChI is InChI=1S/C24H26F2N2O5/c1-13(2)27-12-24(9-15(24)11-33-3)28-10-17(21(30)22(31)20(28)23(27)32)19(29)7-5-14-4-6-16(25)8-18(14)26/h4,6,8,10,13,15,31H,5,7,9,11-12H2,1-3H3/t15-,24-/m1/s1. The summed E-state index contributed by atoms with van der Waals surface area (Å²) in [4.78, 5) is 40.5. The largest absolute Gasteiger partial charge is 0.503 e. The number of hydrogen-bond acceptors (Lipinski definition) is 5. The molecule has 0 unspecified atom stereocenters. The van der Waals surface area contributed by atoms with Crippen LogP contribution in [0.5, 0.6) is 5.75 Å². The Morgan fingerprint density at radius 1 is 1.30 bits per heavy atom. The Bertz CT molecular complexity index is 1190. The molecule has 1 saturated carbocycles. The van der Waals surface area contributed by atoms with Gasteiger partial charge < -0.3 is 19.3 Å². The second kappa shape index (κ2) is 8.37. The smallest absolute Gasteiger partial charge is 0.274 e. The van der Waals surface area contributed by atoms with Crippen LogP contribution in [-0.2, 0) is 16.7 Å². The molecule has 1 N–H and O–H groups in total. The van der Waals surface area contributed by atoms with E-state index in [0.29, 0.717) is 19.6 Å². The quantitative estimate of drug-likeness (QED) is 0.642. The van der Waals surface area contributed by atoms with E-state index in [-0.39, 0.29) is 41.6 Å². The number of nitrogens with zero attached hydrogens (tertiary/aromatic N) is 2. The zero-order valence-corrected chi connectivity index (χ0v) is 18.7. The molecule has 1 fully saturated rings. The fourth-order valence-corrected chi connectivity index (χ4v) is 4.73. The van der Waals surface area contributed by atoms with Crippen molar-refractivity contribution in [3.63, 3.8) is 0 Å². The Hall–Kier alpha value is -3.07. The highest BCUT2D eigenvalue weighted by atomic mass is 19.1. The maximum absolute atomic E-state index is 13.9. The van der Waals surface area contributed by atoms with Gasteiger partial charge in [0.1, 0.15) is 11.6 Å². The zero-order valence-electron chi connectivity index (χ0n) is 18.7. The summed E-state index contributed by atoms with van der Waals surface area (Å²) >= 11 is 0. The third-order valence-corrected chi connectivity index (χ3v) is 6.70. The number of amides is 1. The number of ether oxygens (including phenoxy) is 1. The van der Waals surface area contributed by atoms with E-state index in [1.165, 1.54) is 12.3 Å². The average molecular weight is 460 g/mol. The first-order chi connectivity index (χ1) is 15.6. The van der Waals surface area contributed by atoms with E-state index in [2.05, 4.69) is 0 Å². The molecule has 2 aliphatic rings. The normalized spacial score (nSPS) is 21.6. The van der Waals surface area contributed by atoms with Crippen LogP contribution in [0.15, 0.2) is 29.2 Å². The fourth-order valence-electron chi connectivity index (χ4n) is 4.73. The number of pyridine rings is 1. The lowest BCUT2D eigenvalue weighted by Crippen LogP contribution is -2.52. The molecule has 1 aromatic carbocycles. The number of ketones is 1. The summed E-state index contributed by atoms with van der Waals surface area (Å²) < 4.78 is 33.9. The van der Waals surface area contributed by atoms with E-state index in [4.69, 9.17) is 4.74 Å². The molecule has 0 saturated heterocycles. The molecule has 1 aliphatic heterocycles. The summed E-state index contributed by atoms with van der Waals surface area (Å²) in [5, 5.41) is 10.7. The van der Waals surface area contributed by atoms with Crippen molar-refractivity contribution < 1.29 is 28.2 Å². The number of carbonyl (C=O) groups excluding carboxylic acids is 2. The molecule has 2 heterocycles. The molecule has 4 rings (SSSR count). The molecule has 176 valence electrons. The number of hydrogen-bond donors (Lipinski definition) is 1. The number of fused-ring (bicyclic) bond motifs is 2. The van der Waals surface area contributed by atoms with Crippen LogP contribution in [0.25, 0.3) is 0 Å². The number of carbonyl (C=O) groups is 2. The number of Topliss-reactive ketones (excluding diaryl/α,β-unsaturated/α-hetero) is 1. The molecule has 1 spiro atoms. The minimum Gasteiger partial charge on any atom is -0.503 e. The van der Waals surface area contributed by atoms with E-state index in [9.17, 15) is 28.3 Å². The van der Waals surface area contributed by atoms with E-state index >= 15 is 0 Å². The fraction of sp³-hybridized carbons (Fsp3) is 0.458. The Kier molecular flexibility index (Phi) is 5.86. The number of benzene rings is 1. The first kappa shape index (κ1) is 23.1. The van der Waals surface area contributed by atoms with E-state index in [1.807, 2.05) is 13.8 Å². The van der Waals surface area contributed by atoms with Gasteiger partial charge >= 0.3 is 0 Å². The van der Waals surface area contributed by atoms with Gasteiger partial charge in [0.15, 0.2) is 17.2 Å². The topological polar surface area (TPSA) is 88.8 Å². The van der Waals surface area contributed by atoms with E-state index in [0.717, 1.165) is 12.1 Å². The number of aryl methyl sites for hydroxylation is 1. The summed E-state index contributed by atoms with van der Waals surface area (Å²) in [5.41, 5.74) is -1.74. The van der Waals surface area contributed by atoms with Crippen LogP contribution in [0.2, 0.25) is 0 Å². The van der Waals surface area contributed by atoms with Crippen molar-refractivity contribution in [1.82, 2.24) is 9.47 Å². The third kappa shape index (κ3) is 3.84. The third-order valence-electron chi connectivity index (χ3n) is 6.70. The highest BCUT2D eigenvalue weighted by molar-refractivity contribution is 6.00. The van der Waals surface area contributed by atoms with Crippen LogP contribution < -0.4 is 5.43 Å². The van der Waals surface area contributed by atoms with Gasteiger partial charge in [-0.05, 0) is 38.3 Å². The van der Waals surface area contributed by atoms with Crippen LogP contribution in [0.1, 0.15) is 53.1 Å². The first-order valence-corrected chi connectivity index (χ1v) is 10.9. The molecule has 9 heteroatoms. The van der Waals surface area contributed by atoms with Gasteiger partial charge in [-0.15, -0.1) is 0 Å². The molecule has 2 aromatic rings. The van der Waals surface area contributed by atoms with Gasteiger partial charge in [-0.1, -0.05) is 6.07 Å². The molecule has 2 atom stereocenters. The molecule has 1 aliphatic carbocycles. The lowest BCUT2D eigenvalue weighted by atomic mass is 9.99. The van der Waals surface area contributed by atoms with Crippen LogP contribution in [0.4, 0.5) is 8.78 Å². The van der Waals surface area contributed by atoms with Crippen molar-refractivity contribution >= 4 is 11.7 Å². The number of aromatic hydroxyl groups is 1. The van der Waals surface area contributed by atoms with Gasteiger partial charge in [-0.2, -0.15) is 0 Å². The van der Waals surface area contributed by atoms with Crippen molar-refractivity contribution in [1.29, 1.82) is 0 Å². The highest BCUT2D eigenvalue weighted by Crippen LogP contribution is 2.54. The molecule has 0 bridgehead atoms. The van der Waals surface area contributed by atoms with Gasteiger partial charge in [0.2, 0.25) is 5.43 Å². The predicted octanol–water partition coefficient (Wildman–Crippen LogP) is 2.87. The van der Waals surface area contributed by atoms with Crippen molar-refractivity contribution in [2.24, 2.45) is 5.92 Å². The Labute approximate surface area is 189 Å². The summed E-state index contributed by atoms with van der Waals surface area (Å²) in [6.45, 7) is 4.52. The van der Waals surface area contributed by atoms with Crippen molar-refractivity contribution in [3.05, 3.63) is 63.1 Å². The number of halogens is 2. The van der Waals surface area contributed by atoms with Crippen LogP contribution >= 0.6 is 0 Å². The van der Waals surface area contributed by atoms with Crippen LogP contribution in [0, 0.1) is 17.6 Å². The number of rotatable bonds is 7. The molecule has 1 amide bonds. The monoisotopic (exact) mass is 460 g/mol. The summed E-state index contributed by atoms with van der Waals surface area (Å²) in [6, 6.07) is 2.94. The van der Waals surface area contributed by atoms with E-state index < -0.39 is 40.0 Å². The summed E-state index contributed by atoms with van der Waals surface area (Å²) in [5.74, 6) is -3.26. The Morgan fingerprint density at radius 2 is 2.03 bits per heavy atom. The van der Waals surface area contributed by atoms with Gasteiger partial charge in [-0.3, -0.25) is 14.4 Å². The van der Waals surface area contributed by atoms with Gasteiger partial charge in [0.05, 0.1) is 17.7 Å². The second-order valence-corrected chi connectivity index (χ2v) is 9.08. The van der Waals surface area contributed by atoms with Crippen molar-refractivity contribution in [2.45, 2.75) is 44.7 Å². The van der Waals surface area contributed by atoms with Gasteiger partial charge in [0, 0.05) is 44.3 Å². The molecule has 1 aromatic heterocycles. The van der Waals surface area contributed by atoms with Gasteiger partial charge in [0.25, 0.3) is 5.91 Å². The van der Waals surface area contributed by atoms with E-state index in [1.54, 1.807) is 16.6 Å². The SMILES string of the molecule is COC[C@H]1C[C@@]12CN(C(C)C)C(=O)c1c(O)c(=O)c(C(=O)CCc3ccc(F)cc3F)cn12. The highest BCUT2D eigenvalue weighted by Gasteiger charge is 2.60. The van der Waals surface area contributed by atoms with Crippen LogP contribution in [0.3, 0.4) is 0 Å². The molecular weight excluding hydrogens is 434 g/mol. The lowest BCUT2D eigenvalue weighted by Gasteiger charge is -2.39. The number of aromatic nitrogens is 1. The van der Waals surface area contributed by atoms with Crippen LogP contribution in [-0.4, -0.2) is 52.6 Å². The Balaban J connectivity index is 1.72. The van der Waals surface area contributed by atoms with Crippen molar-refractivity contribution in [3.8, 4) is 5.75 Å².